The fourth-order valence-electron chi connectivity index (χ4n) is 4.70. The van der Waals surface area contributed by atoms with Gasteiger partial charge in [-0.25, -0.2) is 0 Å². The van der Waals surface area contributed by atoms with Gasteiger partial charge in [-0.1, -0.05) is 48.0 Å². The summed E-state index contributed by atoms with van der Waals surface area (Å²) in [5.41, 5.74) is 22.0. The van der Waals surface area contributed by atoms with Gasteiger partial charge in [-0.2, -0.15) is 0 Å². The van der Waals surface area contributed by atoms with Gasteiger partial charge < -0.3 is 54.3 Å². The van der Waals surface area contributed by atoms with Gasteiger partial charge in [0.1, 0.15) is 30.5 Å². The van der Waals surface area contributed by atoms with Crippen molar-refractivity contribution in [3.05, 3.63) is 0 Å². The molecule has 0 unspecified atom stereocenters. The Labute approximate surface area is 288 Å². The molecule has 7 amide bonds. The first kappa shape index (κ1) is 44.9. The van der Waals surface area contributed by atoms with E-state index in [1.807, 2.05) is 0 Å². The summed E-state index contributed by atoms with van der Waals surface area (Å²) in [6.45, 7) is 11.0. The van der Waals surface area contributed by atoms with Crippen molar-refractivity contribution in [3.63, 3.8) is 0 Å². The van der Waals surface area contributed by atoms with E-state index in [0.717, 1.165) is 0 Å². The summed E-state index contributed by atoms with van der Waals surface area (Å²) >= 11 is 0. The van der Waals surface area contributed by atoms with Crippen LogP contribution in [0.25, 0.3) is 0 Å². The Morgan fingerprint density at radius 3 is 1.71 bits per heavy atom. The van der Waals surface area contributed by atoms with Crippen LogP contribution >= 0.6 is 0 Å². The topological polar surface area (TPSA) is 301 Å². The summed E-state index contributed by atoms with van der Waals surface area (Å²) in [5.74, 6) is -6.12. The number of hydrogen-bond donors (Lipinski definition) is 9. The third kappa shape index (κ3) is 17.7. The van der Waals surface area contributed by atoms with Crippen LogP contribution < -0.4 is 49.5 Å². The van der Waals surface area contributed by atoms with Crippen LogP contribution in [0.1, 0.15) is 92.9 Å². The monoisotopic (exact) mass is 697 g/mol. The number of hydrogen-bond acceptors (Lipinski definition) is 10. The Balaban J connectivity index is 6.13. The molecule has 17 nitrogen and oxygen atoms in total. The Hall–Kier alpha value is -4.12. The quantitative estimate of drug-likeness (QED) is 0.0372. The smallest absolute Gasteiger partial charge is 0.243 e. The summed E-state index contributed by atoms with van der Waals surface area (Å²) in [7, 11) is 0. The minimum Gasteiger partial charge on any atom is -0.370 e. The van der Waals surface area contributed by atoms with Crippen molar-refractivity contribution in [1.82, 2.24) is 26.6 Å². The highest BCUT2D eigenvalue weighted by atomic mass is 16.2. The van der Waals surface area contributed by atoms with Crippen LogP contribution in [-0.4, -0.2) is 90.4 Å². The van der Waals surface area contributed by atoms with Crippen LogP contribution in [0.3, 0.4) is 0 Å². The Bertz CT molecular complexity index is 1130. The van der Waals surface area contributed by atoms with Crippen molar-refractivity contribution in [2.75, 3.05) is 6.54 Å². The minimum absolute atomic E-state index is 0.115. The van der Waals surface area contributed by atoms with Gasteiger partial charge in [0.05, 0.1) is 18.5 Å². The molecule has 0 aliphatic rings. The molecule has 17 heteroatoms. The third-order valence-electron chi connectivity index (χ3n) is 7.97. The zero-order valence-electron chi connectivity index (χ0n) is 29.7. The molecule has 0 aromatic heterocycles. The summed E-state index contributed by atoms with van der Waals surface area (Å²) in [6, 6.07) is -6.88. The van der Waals surface area contributed by atoms with Gasteiger partial charge in [0, 0.05) is 6.42 Å². The summed E-state index contributed by atoms with van der Waals surface area (Å²) < 4.78 is 0. The SMILES string of the molecule is CC[C@H](C)[C@H](NC(=O)[C@H](CCC(N)=O)NC(=O)[C@@H](N)C(C)C)C(=O)N[C@@H](CC(C)C)C(=O)N[C@@H](CC(N)=O)C(=O)N[C@H](C=O)CCCCN. The number of nitrogens with one attached hydrogen (secondary N) is 5. The van der Waals surface area contributed by atoms with Gasteiger partial charge in [0.2, 0.25) is 41.4 Å². The molecule has 0 saturated heterocycles. The molecule has 0 fully saturated rings. The molecule has 280 valence electrons. The van der Waals surface area contributed by atoms with Crippen molar-refractivity contribution in [1.29, 1.82) is 0 Å². The maximum Gasteiger partial charge on any atom is 0.243 e. The number of carbonyl (C=O) groups excluding carboxylic acids is 8. The second kappa shape index (κ2) is 23.3. The summed E-state index contributed by atoms with van der Waals surface area (Å²) in [5, 5.41) is 12.8. The predicted octanol–water partition coefficient (Wildman–Crippen LogP) is -2.05. The Morgan fingerprint density at radius 1 is 0.673 bits per heavy atom. The van der Waals surface area contributed by atoms with E-state index in [2.05, 4.69) is 26.6 Å². The van der Waals surface area contributed by atoms with E-state index < -0.39 is 89.9 Å². The molecular formula is C32H59N9O8. The first-order valence-corrected chi connectivity index (χ1v) is 16.9. The van der Waals surface area contributed by atoms with Crippen molar-refractivity contribution in [2.24, 2.45) is 40.7 Å². The summed E-state index contributed by atoms with van der Waals surface area (Å²) in [4.78, 5) is 101. The number of amides is 7. The molecule has 49 heavy (non-hydrogen) atoms. The molecular weight excluding hydrogens is 638 g/mol. The zero-order valence-corrected chi connectivity index (χ0v) is 29.7. The Morgan fingerprint density at radius 2 is 1.22 bits per heavy atom. The minimum atomic E-state index is -1.44. The van der Waals surface area contributed by atoms with Gasteiger partial charge in [0.15, 0.2) is 0 Å². The van der Waals surface area contributed by atoms with Crippen LogP contribution in [-0.2, 0) is 38.4 Å². The van der Waals surface area contributed by atoms with Gasteiger partial charge in [-0.15, -0.1) is 0 Å². The maximum atomic E-state index is 13.7. The van der Waals surface area contributed by atoms with E-state index in [0.29, 0.717) is 38.5 Å². The van der Waals surface area contributed by atoms with E-state index in [1.165, 1.54) is 0 Å². The lowest BCUT2D eigenvalue weighted by Gasteiger charge is -2.30. The van der Waals surface area contributed by atoms with Crippen molar-refractivity contribution >= 4 is 47.6 Å². The molecule has 7 atom stereocenters. The van der Waals surface area contributed by atoms with E-state index >= 15 is 0 Å². The molecule has 0 aliphatic heterocycles. The molecule has 0 aromatic rings. The normalized spacial score (nSPS) is 15.5. The van der Waals surface area contributed by atoms with Crippen LogP contribution in [0.2, 0.25) is 0 Å². The van der Waals surface area contributed by atoms with Gasteiger partial charge in [-0.3, -0.25) is 33.6 Å². The van der Waals surface area contributed by atoms with Crippen LogP contribution in [0.15, 0.2) is 0 Å². The molecule has 0 saturated carbocycles. The second-order valence-corrected chi connectivity index (χ2v) is 13.2. The first-order valence-electron chi connectivity index (χ1n) is 16.9. The number of carbonyl (C=O) groups is 8. The average Bonchev–Trinajstić information content (AvgIpc) is 3.02. The van der Waals surface area contributed by atoms with E-state index in [4.69, 9.17) is 22.9 Å². The van der Waals surface area contributed by atoms with Crippen LogP contribution in [0.5, 0.6) is 0 Å². The van der Waals surface area contributed by atoms with Crippen LogP contribution in [0.4, 0.5) is 0 Å². The lowest BCUT2D eigenvalue weighted by molar-refractivity contribution is -0.136. The summed E-state index contributed by atoms with van der Waals surface area (Å²) in [6.07, 6.45) is 1.64. The lowest BCUT2D eigenvalue weighted by Crippen LogP contribution is -2.60. The predicted molar refractivity (Wildman–Crippen MR) is 183 cm³/mol. The second-order valence-electron chi connectivity index (χ2n) is 13.2. The lowest BCUT2D eigenvalue weighted by atomic mass is 9.96. The fraction of sp³-hybridized carbons (Fsp3) is 0.750. The van der Waals surface area contributed by atoms with Crippen molar-refractivity contribution in [3.8, 4) is 0 Å². The van der Waals surface area contributed by atoms with Crippen molar-refractivity contribution < 1.29 is 38.4 Å². The highest BCUT2D eigenvalue weighted by Gasteiger charge is 2.35. The number of primary amides is 2. The Kier molecular flexibility index (Phi) is 21.3. The molecule has 0 spiro atoms. The zero-order chi connectivity index (χ0) is 37.8. The standard InChI is InChI=1S/C32H59N9O8/c1-7-19(6)27(41-28(45)21(11-12-24(34)43)38-31(48)26(36)18(4)5)32(49)40-22(14-17(2)3)30(47)39-23(15-25(35)44)29(46)37-20(16-42)10-8-9-13-33/h16-23,26-27H,7-15,33,36H2,1-6H3,(H2,34,43)(H2,35,44)(H,37,46)(H,38,48)(H,39,47)(H,40,49)(H,41,45)/t19-,20-,21-,22-,23-,26-,27-/m0/s1. The highest BCUT2D eigenvalue weighted by molar-refractivity contribution is 5.97. The van der Waals surface area contributed by atoms with Gasteiger partial charge >= 0.3 is 0 Å². The van der Waals surface area contributed by atoms with Crippen LogP contribution in [0, 0.1) is 17.8 Å². The number of aldehydes is 1. The number of nitrogens with two attached hydrogens (primary N) is 4. The molecule has 0 aromatic carbocycles. The fourth-order valence-corrected chi connectivity index (χ4v) is 4.70. The number of unbranched alkanes of at least 4 members (excludes halogenated alkanes) is 1. The molecule has 0 bridgehead atoms. The molecule has 0 rings (SSSR count). The number of rotatable bonds is 25. The molecule has 0 heterocycles. The first-order chi connectivity index (χ1) is 22.9. The van der Waals surface area contributed by atoms with Gasteiger partial charge in [-0.05, 0) is 56.4 Å². The van der Waals surface area contributed by atoms with E-state index in [-0.39, 0.29) is 31.1 Å². The average molecular weight is 698 g/mol. The third-order valence-corrected chi connectivity index (χ3v) is 7.97. The maximum absolute atomic E-state index is 13.7. The highest BCUT2D eigenvalue weighted by Crippen LogP contribution is 2.13. The van der Waals surface area contributed by atoms with E-state index in [1.54, 1.807) is 41.5 Å². The van der Waals surface area contributed by atoms with Gasteiger partial charge in [0.25, 0.3) is 0 Å². The molecule has 0 radical (unpaired) electrons. The molecule has 0 aliphatic carbocycles. The van der Waals surface area contributed by atoms with E-state index in [9.17, 15) is 38.4 Å². The largest absolute Gasteiger partial charge is 0.370 e. The van der Waals surface area contributed by atoms with Crippen molar-refractivity contribution in [2.45, 2.75) is 129 Å². The molecule has 13 N–H and O–H groups in total.